The number of aromatic amines is 1. The molecule has 0 aromatic carbocycles. The van der Waals surface area contributed by atoms with E-state index in [1.807, 2.05) is 6.20 Å². The van der Waals surface area contributed by atoms with Crippen molar-refractivity contribution in [3.8, 4) is 0 Å². The van der Waals surface area contributed by atoms with Crippen molar-refractivity contribution in [2.45, 2.75) is 45.4 Å². The Morgan fingerprint density at radius 2 is 2.00 bits per heavy atom. The molecular formula is C13H23N3. The standard InChI is InChI=1S/C13H23N3/c1-13(2,3)11-9-15-12(16-11)8-10-4-6-14-7-5-10/h9-10,14H,4-8H2,1-3H3,(H,15,16). The van der Waals surface area contributed by atoms with Crippen LogP contribution in [0.4, 0.5) is 0 Å². The maximum atomic E-state index is 4.50. The molecule has 0 atom stereocenters. The topological polar surface area (TPSA) is 40.7 Å². The number of imidazole rings is 1. The van der Waals surface area contributed by atoms with Crippen LogP contribution in [0, 0.1) is 5.92 Å². The molecule has 1 saturated heterocycles. The number of nitrogens with zero attached hydrogens (tertiary/aromatic N) is 1. The zero-order valence-corrected chi connectivity index (χ0v) is 10.6. The van der Waals surface area contributed by atoms with Gasteiger partial charge < -0.3 is 10.3 Å². The van der Waals surface area contributed by atoms with Crippen LogP contribution in [-0.4, -0.2) is 23.1 Å². The van der Waals surface area contributed by atoms with Crippen LogP contribution in [0.5, 0.6) is 0 Å². The van der Waals surface area contributed by atoms with E-state index in [0.29, 0.717) is 0 Å². The second-order valence-electron chi connectivity index (χ2n) is 5.89. The predicted octanol–water partition coefficient (Wildman–Crippen LogP) is 2.25. The molecule has 3 nitrogen and oxygen atoms in total. The molecular weight excluding hydrogens is 198 g/mol. The van der Waals surface area contributed by atoms with Crippen molar-refractivity contribution in [1.82, 2.24) is 15.3 Å². The molecule has 16 heavy (non-hydrogen) atoms. The van der Waals surface area contributed by atoms with Crippen LogP contribution in [0.2, 0.25) is 0 Å². The number of piperidine rings is 1. The average Bonchev–Trinajstić information content (AvgIpc) is 2.67. The van der Waals surface area contributed by atoms with Crippen molar-refractivity contribution in [3.05, 3.63) is 17.7 Å². The molecule has 0 bridgehead atoms. The highest BCUT2D eigenvalue weighted by atomic mass is 14.9. The van der Waals surface area contributed by atoms with E-state index in [1.165, 1.54) is 18.5 Å². The molecule has 1 aliphatic rings. The smallest absolute Gasteiger partial charge is 0.106 e. The van der Waals surface area contributed by atoms with E-state index in [-0.39, 0.29) is 5.41 Å². The summed E-state index contributed by atoms with van der Waals surface area (Å²) in [6.45, 7) is 8.98. The van der Waals surface area contributed by atoms with Gasteiger partial charge in [-0.1, -0.05) is 20.8 Å². The summed E-state index contributed by atoms with van der Waals surface area (Å²) in [5, 5.41) is 3.40. The van der Waals surface area contributed by atoms with E-state index in [1.54, 1.807) is 0 Å². The normalized spacial score (nSPS) is 18.9. The summed E-state index contributed by atoms with van der Waals surface area (Å²) in [5.74, 6) is 1.97. The average molecular weight is 221 g/mol. The Morgan fingerprint density at radius 3 is 2.56 bits per heavy atom. The Balaban J connectivity index is 1.97. The van der Waals surface area contributed by atoms with Crippen molar-refractivity contribution in [2.75, 3.05) is 13.1 Å². The second kappa shape index (κ2) is 4.58. The van der Waals surface area contributed by atoms with Gasteiger partial charge in [0.25, 0.3) is 0 Å². The SMILES string of the molecule is CC(C)(C)c1cnc(CC2CCNCC2)[nH]1. The van der Waals surface area contributed by atoms with E-state index in [9.17, 15) is 0 Å². The molecule has 0 saturated carbocycles. The van der Waals surface area contributed by atoms with Crippen molar-refractivity contribution in [1.29, 1.82) is 0 Å². The van der Waals surface area contributed by atoms with Gasteiger partial charge in [0.15, 0.2) is 0 Å². The summed E-state index contributed by atoms with van der Waals surface area (Å²) in [7, 11) is 0. The maximum absolute atomic E-state index is 4.50. The van der Waals surface area contributed by atoms with Crippen LogP contribution in [0.15, 0.2) is 6.20 Å². The van der Waals surface area contributed by atoms with Gasteiger partial charge in [-0.25, -0.2) is 4.98 Å². The molecule has 0 spiro atoms. The zero-order valence-electron chi connectivity index (χ0n) is 10.6. The van der Waals surface area contributed by atoms with Gasteiger partial charge in [-0.15, -0.1) is 0 Å². The Kier molecular flexibility index (Phi) is 3.33. The Morgan fingerprint density at radius 1 is 1.31 bits per heavy atom. The molecule has 2 heterocycles. The highest BCUT2D eigenvalue weighted by Crippen LogP contribution is 2.22. The first-order valence-electron chi connectivity index (χ1n) is 6.31. The Bertz CT molecular complexity index is 329. The lowest BCUT2D eigenvalue weighted by Gasteiger charge is -2.21. The van der Waals surface area contributed by atoms with Crippen LogP contribution in [-0.2, 0) is 11.8 Å². The van der Waals surface area contributed by atoms with Gasteiger partial charge in [0, 0.05) is 23.7 Å². The zero-order chi connectivity index (χ0) is 11.6. The van der Waals surface area contributed by atoms with Crippen molar-refractivity contribution < 1.29 is 0 Å². The van der Waals surface area contributed by atoms with E-state index >= 15 is 0 Å². The Hall–Kier alpha value is -0.830. The minimum Gasteiger partial charge on any atom is -0.345 e. The number of hydrogen-bond donors (Lipinski definition) is 2. The van der Waals surface area contributed by atoms with E-state index in [4.69, 9.17) is 0 Å². The van der Waals surface area contributed by atoms with Crippen molar-refractivity contribution in [3.63, 3.8) is 0 Å². The minimum atomic E-state index is 0.180. The lowest BCUT2D eigenvalue weighted by molar-refractivity contribution is 0.367. The highest BCUT2D eigenvalue weighted by Gasteiger charge is 2.19. The third-order valence-corrected chi connectivity index (χ3v) is 3.38. The summed E-state index contributed by atoms with van der Waals surface area (Å²) in [6, 6.07) is 0. The fraction of sp³-hybridized carbons (Fsp3) is 0.769. The van der Waals surface area contributed by atoms with E-state index in [2.05, 4.69) is 36.1 Å². The number of nitrogens with one attached hydrogen (secondary N) is 2. The van der Waals surface area contributed by atoms with Crippen molar-refractivity contribution >= 4 is 0 Å². The fourth-order valence-electron chi connectivity index (χ4n) is 2.21. The third kappa shape index (κ3) is 2.85. The predicted molar refractivity (Wildman–Crippen MR) is 66.6 cm³/mol. The molecule has 1 aliphatic heterocycles. The molecule has 0 amide bonds. The maximum Gasteiger partial charge on any atom is 0.106 e. The highest BCUT2D eigenvalue weighted by molar-refractivity contribution is 5.11. The fourth-order valence-corrected chi connectivity index (χ4v) is 2.21. The molecule has 1 aromatic heterocycles. The molecule has 3 heteroatoms. The lowest BCUT2D eigenvalue weighted by atomic mass is 9.93. The van der Waals surface area contributed by atoms with Gasteiger partial charge >= 0.3 is 0 Å². The summed E-state index contributed by atoms with van der Waals surface area (Å²) in [5.41, 5.74) is 1.43. The molecule has 1 fully saturated rings. The first-order valence-corrected chi connectivity index (χ1v) is 6.31. The van der Waals surface area contributed by atoms with Crippen LogP contribution < -0.4 is 5.32 Å². The van der Waals surface area contributed by atoms with Gasteiger partial charge in [0.1, 0.15) is 5.82 Å². The molecule has 1 aromatic rings. The molecule has 2 rings (SSSR count). The number of H-pyrrole nitrogens is 1. The van der Waals surface area contributed by atoms with Crippen LogP contribution in [0.3, 0.4) is 0 Å². The first-order chi connectivity index (χ1) is 7.55. The number of rotatable bonds is 2. The molecule has 0 radical (unpaired) electrons. The van der Waals surface area contributed by atoms with Crippen LogP contribution in [0.1, 0.15) is 45.1 Å². The van der Waals surface area contributed by atoms with Gasteiger partial charge in [-0.05, 0) is 31.8 Å². The van der Waals surface area contributed by atoms with E-state index < -0.39 is 0 Å². The molecule has 0 aliphatic carbocycles. The van der Waals surface area contributed by atoms with Crippen LogP contribution in [0.25, 0.3) is 0 Å². The van der Waals surface area contributed by atoms with Crippen molar-refractivity contribution in [2.24, 2.45) is 5.92 Å². The molecule has 90 valence electrons. The third-order valence-electron chi connectivity index (χ3n) is 3.38. The van der Waals surface area contributed by atoms with Gasteiger partial charge in [-0.2, -0.15) is 0 Å². The quantitative estimate of drug-likeness (QED) is 0.804. The largest absolute Gasteiger partial charge is 0.345 e. The van der Waals surface area contributed by atoms with Gasteiger partial charge in [0.05, 0.1) is 0 Å². The lowest BCUT2D eigenvalue weighted by Crippen LogP contribution is -2.28. The molecule has 2 N–H and O–H groups in total. The van der Waals surface area contributed by atoms with Crippen LogP contribution >= 0.6 is 0 Å². The summed E-state index contributed by atoms with van der Waals surface area (Å²) >= 11 is 0. The number of aromatic nitrogens is 2. The summed E-state index contributed by atoms with van der Waals surface area (Å²) in [6.07, 6.45) is 5.67. The summed E-state index contributed by atoms with van der Waals surface area (Å²) < 4.78 is 0. The Labute approximate surface area is 98.1 Å². The van der Waals surface area contributed by atoms with Gasteiger partial charge in [-0.3, -0.25) is 0 Å². The van der Waals surface area contributed by atoms with Gasteiger partial charge in [0.2, 0.25) is 0 Å². The summed E-state index contributed by atoms with van der Waals surface area (Å²) in [4.78, 5) is 7.97. The van der Waals surface area contributed by atoms with E-state index in [0.717, 1.165) is 31.3 Å². The first kappa shape index (κ1) is 11.6. The monoisotopic (exact) mass is 221 g/mol. The second-order valence-corrected chi connectivity index (χ2v) is 5.89. The number of hydrogen-bond acceptors (Lipinski definition) is 2. The molecule has 0 unspecified atom stereocenters. The minimum absolute atomic E-state index is 0.180.